The number of pyridine rings is 1. The molecule has 0 amide bonds. The van der Waals surface area contributed by atoms with Crippen LogP contribution in [0.4, 0.5) is 5.82 Å². The molecule has 0 saturated carbocycles. The van der Waals surface area contributed by atoms with Gasteiger partial charge in [0.1, 0.15) is 5.82 Å². The van der Waals surface area contributed by atoms with E-state index >= 15 is 0 Å². The number of piperazine rings is 1. The monoisotopic (exact) mass is 309 g/mol. The SMILES string of the molecule is Cc1nc2ccc(N3CCN(Cc4ccccn4)CC3)nn2n1. The van der Waals surface area contributed by atoms with Crippen LogP contribution >= 0.6 is 0 Å². The highest BCUT2D eigenvalue weighted by Gasteiger charge is 2.19. The van der Waals surface area contributed by atoms with Gasteiger partial charge in [-0.25, -0.2) is 4.98 Å². The Bertz CT molecular complexity index is 791. The second-order valence-electron chi connectivity index (χ2n) is 5.78. The Balaban J connectivity index is 1.42. The summed E-state index contributed by atoms with van der Waals surface area (Å²) in [5.41, 5.74) is 1.92. The summed E-state index contributed by atoms with van der Waals surface area (Å²) in [6, 6.07) is 10.1. The number of anilines is 1. The zero-order chi connectivity index (χ0) is 15.6. The van der Waals surface area contributed by atoms with Gasteiger partial charge in [-0.2, -0.15) is 0 Å². The summed E-state index contributed by atoms with van der Waals surface area (Å²) in [5.74, 6) is 1.70. The molecule has 118 valence electrons. The van der Waals surface area contributed by atoms with E-state index in [2.05, 4.69) is 36.0 Å². The van der Waals surface area contributed by atoms with Crippen LogP contribution in [0.5, 0.6) is 0 Å². The minimum Gasteiger partial charge on any atom is -0.353 e. The van der Waals surface area contributed by atoms with Crippen molar-refractivity contribution in [1.29, 1.82) is 0 Å². The van der Waals surface area contributed by atoms with E-state index in [1.54, 1.807) is 4.63 Å². The molecule has 0 radical (unpaired) electrons. The number of aryl methyl sites for hydroxylation is 1. The van der Waals surface area contributed by atoms with Crippen molar-refractivity contribution >= 4 is 11.5 Å². The van der Waals surface area contributed by atoms with Crippen LogP contribution in [0, 0.1) is 6.92 Å². The van der Waals surface area contributed by atoms with Gasteiger partial charge in [0.05, 0.1) is 5.69 Å². The van der Waals surface area contributed by atoms with Crippen molar-refractivity contribution in [2.45, 2.75) is 13.5 Å². The van der Waals surface area contributed by atoms with Gasteiger partial charge in [-0.1, -0.05) is 6.07 Å². The molecule has 0 N–H and O–H groups in total. The first-order valence-corrected chi connectivity index (χ1v) is 7.86. The third-order valence-electron chi connectivity index (χ3n) is 4.11. The van der Waals surface area contributed by atoms with E-state index in [9.17, 15) is 0 Å². The molecule has 4 heterocycles. The van der Waals surface area contributed by atoms with Crippen LogP contribution < -0.4 is 4.90 Å². The fourth-order valence-electron chi connectivity index (χ4n) is 2.90. The third-order valence-corrected chi connectivity index (χ3v) is 4.11. The van der Waals surface area contributed by atoms with E-state index in [0.29, 0.717) is 0 Å². The molecule has 1 saturated heterocycles. The molecule has 4 rings (SSSR count). The van der Waals surface area contributed by atoms with Gasteiger partial charge < -0.3 is 4.90 Å². The topological polar surface area (TPSA) is 62.5 Å². The van der Waals surface area contributed by atoms with Crippen molar-refractivity contribution in [3.8, 4) is 0 Å². The minimum atomic E-state index is 0.745. The Labute approximate surface area is 134 Å². The maximum atomic E-state index is 4.57. The molecule has 0 spiro atoms. The second-order valence-corrected chi connectivity index (χ2v) is 5.78. The number of fused-ring (bicyclic) bond motifs is 1. The smallest absolute Gasteiger partial charge is 0.176 e. The van der Waals surface area contributed by atoms with E-state index < -0.39 is 0 Å². The molecule has 3 aromatic rings. The van der Waals surface area contributed by atoms with Gasteiger partial charge in [-0.15, -0.1) is 14.8 Å². The highest BCUT2D eigenvalue weighted by molar-refractivity contribution is 5.45. The fraction of sp³-hybridized carbons (Fsp3) is 0.375. The van der Waals surface area contributed by atoms with Crippen molar-refractivity contribution in [2.75, 3.05) is 31.1 Å². The number of hydrogen-bond acceptors (Lipinski definition) is 6. The van der Waals surface area contributed by atoms with Crippen LogP contribution in [-0.2, 0) is 6.54 Å². The molecule has 1 fully saturated rings. The molecule has 1 aliphatic rings. The number of nitrogens with zero attached hydrogens (tertiary/aromatic N) is 7. The maximum Gasteiger partial charge on any atom is 0.176 e. The lowest BCUT2D eigenvalue weighted by molar-refractivity contribution is 0.246. The summed E-state index contributed by atoms with van der Waals surface area (Å²) in [6.45, 7) is 6.71. The molecule has 0 aromatic carbocycles. The molecule has 0 bridgehead atoms. The third kappa shape index (κ3) is 3.00. The highest BCUT2D eigenvalue weighted by Crippen LogP contribution is 2.15. The first-order valence-electron chi connectivity index (χ1n) is 7.86. The van der Waals surface area contributed by atoms with Gasteiger partial charge in [0.15, 0.2) is 11.5 Å². The molecule has 23 heavy (non-hydrogen) atoms. The normalized spacial score (nSPS) is 16.1. The van der Waals surface area contributed by atoms with E-state index in [1.165, 1.54) is 0 Å². The van der Waals surface area contributed by atoms with Crippen LogP contribution in [0.3, 0.4) is 0 Å². The van der Waals surface area contributed by atoms with Crippen molar-refractivity contribution < 1.29 is 0 Å². The molecular formula is C16H19N7. The van der Waals surface area contributed by atoms with E-state index in [1.807, 2.05) is 37.4 Å². The number of hydrogen-bond donors (Lipinski definition) is 0. The maximum absolute atomic E-state index is 4.57. The Hall–Kier alpha value is -2.54. The zero-order valence-corrected chi connectivity index (χ0v) is 13.1. The Morgan fingerprint density at radius 3 is 2.65 bits per heavy atom. The Morgan fingerprint density at radius 2 is 1.87 bits per heavy atom. The average Bonchev–Trinajstić information content (AvgIpc) is 2.95. The molecular weight excluding hydrogens is 290 g/mol. The van der Waals surface area contributed by atoms with Gasteiger partial charge in [-0.05, 0) is 31.2 Å². The summed E-state index contributed by atoms with van der Waals surface area (Å²) in [7, 11) is 0. The summed E-state index contributed by atoms with van der Waals surface area (Å²) in [4.78, 5) is 13.4. The van der Waals surface area contributed by atoms with Crippen molar-refractivity contribution in [1.82, 2.24) is 29.7 Å². The van der Waals surface area contributed by atoms with E-state index in [0.717, 1.165) is 55.7 Å². The summed E-state index contributed by atoms with van der Waals surface area (Å²) in [6.07, 6.45) is 1.85. The lowest BCUT2D eigenvalue weighted by Crippen LogP contribution is -2.46. The Morgan fingerprint density at radius 1 is 1.00 bits per heavy atom. The lowest BCUT2D eigenvalue weighted by atomic mass is 10.2. The second kappa shape index (κ2) is 5.92. The van der Waals surface area contributed by atoms with Crippen molar-refractivity contribution in [3.05, 3.63) is 48.0 Å². The largest absolute Gasteiger partial charge is 0.353 e. The van der Waals surface area contributed by atoms with Crippen LogP contribution in [0.15, 0.2) is 36.5 Å². The zero-order valence-electron chi connectivity index (χ0n) is 13.1. The van der Waals surface area contributed by atoms with Gasteiger partial charge in [-0.3, -0.25) is 9.88 Å². The summed E-state index contributed by atoms with van der Waals surface area (Å²) in [5, 5.41) is 8.86. The van der Waals surface area contributed by atoms with Crippen LogP contribution in [0.25, 0.3) is 5.65 Å². The van der Waals surface area contributed by atoms with Crippen LogP contribution in [0.1, 0.15) is 11.5 Å². The summed E-state index contributed by atoms with van der Waals surface area (Å²) < 4.78 is 1.62. The molecule has 0 atom stereocenters. The molecule has 7 heteroatoms. The summed E-state index contributed by atoms with van der Waals surface area (Å²) >= 11 is 0. The molecule has 7 nitrogen and oxygen atoms in total. The van der Waals surface area contributed by atoms with Gasteiger partial charge in [0, 0.05) is 38.9 Å². The van der Waals surface area contributed by atoms with Crippen molar-refractivity contribution in [3.63, 3.8) is 0 Å². The Kier molecular flexibility index (Phi) is 3.63. The lowest BCUT2D eigenvalue weighted by Gasteiger charge is -2.35. The predicted molar refractivity (Wildman–Crippen MR) is 87.2 cm³/mol. The number of aromatic nitrogens is 5. The van der Waals surface area contributed by atoms with Crippen molar-refractivity contribution in [2.24, 2.45) is 0 Å². The fourth-order valence-corrected chi connectivity index (χ4v) is 2.90. The first-order chi connectivity index (χ1) is 11.3. The van der Waals surface area contributed by atoms with E-state index in [-0.39, 0.29) is 0 Å². The van der Waals surface area contributed by atoms with E-state index in [4.69, 9.17) is 0 Å². The molecule has 1 aliphatic heterocycles. The molecule has 0 aliphatic carbocycles. The van der Waals surface area contributed by atoms with Gasteiger partial charge in [0.2, 0.25) is 0 Å². The first kappa shape index (κ1) is 14.1. The van der Waals surface area contributed by atoms with Crippen LogP contribution in [-0.4, -0.2) is 55.9 Å². The standard InChI is InChI=1S/C16H19N7/c1-13-18-15-5-6-16(20-23(15)19-13)22-10-8-21(9-11-22)12-14-4-2-3-7-17-14/h2-7H,8-12H2,1H3. The van der Waals surface area contributed by atoms with Gasteiger partial charge >= 0.3 is 0 Å². The molecule has 3 aromatic heterocycles. The van der Waals surface area contributed by atoms with Gasteiger partial charge in [0.25, 0.3) is 0 Å². The number of rotatable bonds is 3. The van der Waals surface area contributed by atoms with Crippen LogP contribution in [0.2, 0.25) is 0 Å². The predicted octanol–water partition coefficient (Wildman–Crippen LogP) is 1.15. The highest BCUT2D eigenvalue weighted by atomic mass is 15.5. The minimum absolute atomic E-state index is 0.745. The molecule has 0 unspecified atom stereocenters. The average molecular weight is 309 g/mol. The quantitative estimate of drug-likeness (QED) is 0.723.